The van der Waals surface area contributed by atoms with Gasteiger partial charge in [-0.3, -0.25) is 19.3 Å². The monoisotopic (exact) mass is 534 g/mol. The Balaban J connectivity index is 1.58. The molecule has 2 amide bonds. The van der Waals surface area contributed by atoms with Crippen LogP contribution < -0.4 is 10.1 Å². The van der Waals surface area contributed by atoms with Gasteiger partial charge < -0.3 is 15.2 Å². The number of thioether (sulfide) groups is 1. The smallest absolute Gasteiger partial charge is 0.323 e. The molecule has 0 aliphatic carbocycles. The topological polar surface area (TPSA) is 95.9 Å². The highest BCUT2D eigenvalue weighted by atomic mass is 79.9. The van der Waals surface area contributed by atoms with Gasteiger partial charge >= 0.3 is 5.97 Å². The van der Waals surface area contributed by atoms with Crippen LogP contribution in [0.3, 0.4) is 0 Å². The van der Waals surface area contributed by atoms with Crippen LogP contribution in [0.1, 0.15) is 16.7 Å². The Labute approximate surface area is 202 Å². The molecular weight excluding hydrogens is 516 g/mol. The molecule has 32 heavy (non-hydrogen) atoms. The summed E-state index contributed by atoms with van der Waals surface area (Å²) >= 11 is 9.58. The summed E-state index contributed by atoms with van der Waals surface area (Å²) in [5.41, 5.74) is 3.59. The van der Waals surface area contributed by atoms with Crippen molar-refractivity contribution in [2.75, 3.05) is 18.5 Å². The molecule has 0 atom stereocenters. The number of amides is 2. The molecule has 0 spiro atoms. The van der Waals surface area contributed by atoms with E-state index in [9.17, 15) is 14.4 Å². The first-order valence-corrected chi connectivity index (χ1v) is 11.4. The molecule has 0 bridgehead atoms. The highest BCUT2D eigenvalue weighted by Gasteiger charge is 2.33. The number of thiocarbonyl (C=S) groups is 1. The summed E-state index contributed by atoms with van der Waals surface area (Å²) in [5.74, 6) is -1.36. The minimum absolute atomic E-state index is 0.160. The summed E-state index contributed by atoms with van der Waals surface area (Å²) < 4.78 is 6.55. The summed E-state index contributed by atoms with van der Waals surface area (Å²) in [6.07, 6.45) is 1.63. The average Bonchev–Trinajstić information content (AvgIpc) is 2.98. The zero-order chi connectivity index (χ0) is 23.4. The molecule has 2 aromatic carbocycles. The van der Waals surface area contributed by atoms with Gasteiger partial charge in [0.25, 0.3) is 11.8 Å². The fourth-order valence-corrected chi connectivity index (χ4v) is 4.61. The fourth-order valence-electron chi connectivity index (χ4n) is 2.80. The lowest BCUT2D eigenvalue weighted by atomic mass is 10.1. The number of hydrogen-bond donors (Lipinski definition) is 2. The second-order valence-electron chi connectivity index (χ2n) is 6.98. The first kappa shape index (κ1) is 24.0. The number of carbonyl (C=O) groups is 3. The standard InChI is InChI=1S/C22H19BrN2O5S2/c1-12-7-16(23)17(8-13(12)2)24-19(26)11-30-15-5-3-14(4-6-15)9-18-21(29)25(10-20(27)28)22(31)32-18/h3-9H,10-11H2,1-2H3,(H,24,26)(H,27,28). The molecule has 3 rings (SSSR count). The van der Waals surface area contributed by atoms with Crippen LogP contribution in [-0.2, 0) is 14.4 Å². The number of ether oxygens (including phenoxy) is 1. The van der Waals surface area contributed by atoms with Crippen molar-refractivity contribution in [3.8, 4) is 5.75 Å². The van der Waals surface area contributed by atoms with E-state index in [1.807, 2.05) is 26.0 Å². The number of aryl methyl sites for hydroxylation is 2. The lowest BCUT2D eigenvalue weighted by molar-refractivity contribution is -0.140. The van der Waals surface area contributed by atoms with Crippen molar-refractivity contribution < 1.29 is 24.2 Å². The molecule has 1 saturated heterocycles. The van der Waals surface area contributed by atoms with Crippen LogP contribution in [-0.4, -0.2) is 45.3 Å². The summed E-state index contributed by atoms with van der Waals surface area (Å²) in [4.78, 5) is 36.8. The number of carboxylic acid groups (broad SMARTS) is 1. The average molecular weight is 535 g/mol. The number of nitrogens with one attached hydrogen (secondary N) is 1. The molecule has 1 aliphatic rings. The van der Waals surface area contributed by atoms with Crippen LogP contribution in [0.4, 0.5) is 5.69 Å². The molecule has 0 unspecified atom stereocenters. The largest absolute Gasteiger partial charge is 0.484 e. The van der Waals surface area contributed by atoms with Gasteiger partial charge in [0, 0.05) is 4.47 Å². The summed E-state index contributed by atoms with van der Waals surface area (Å²) in [6.45, 7) is 3.35. The highest BCUT2D eigenvalue weighted by molar-refractivity contribution is 9.10. The molecule has 166 valence electrons. The van der Waals surface area contributed by atoms with Crippen molar-refractivity contribution in [2.45, 2.75) is 13.8 Å². The van der Waals surface area contributed by atoms with Gasteiger partial charge in [-0.25, -0.2) is 0 Å². The number of carboxylic acids is 1. The second-order valence-corrected chi connectivity index (χ2v) is 9.51. The van der Waals surface area contributed by atoms with E-state index < -0.39 is 18.4 Å². The molecule has 10 heteroatoms. The molecule has 0 radical (unpaired) electrons. The predicted octanol–water partition coefficient (Wildman–Crippen LogP) is 4.37. The number of halogens is 1. The van der Waals surface area contributed by atoms with Gasteiger partial charge in [-0.15, -0.1) is 0 Å². The third-order valence-corrected chi connectivity index (χ3v) is 6.61. The van der Waals surface area contributed by atoms with Crippen molar-refractivity contribution >= 4 is 73.8 Å². The number of aliphatic carboxylic acids is 1. The van der Waals surface area contributed by atoms with Crippen molar-refractivity contribution in [1.29, 1.82) is 0 Å². The van der Waals surface area contributed by atoms with Crippen LogP contribution in [0.2, 0.25) is 0 Å². The molecule has 7 nitrogen and oxygen atoms in total. The molecule has 2 aromatic rings. The van der Waals surface area contributed by atoms with Crippen LogP contribution in [0.25, 0.3) is 6.08 Å². The van der Waals surface area contributed by atoms with Gasteiger partial charge in [-0.1, -0.05) is 36.1 Å². The van der Waals surface area contributed by atoms with Crippen molar-refractivity contribution in [3.05, 3.63) is 62.5 Å². The third-order valence-electron chi connectivity index (χ3n) is 4.57. The van der Waals surface area contributed by atoms with E-state index >= 15 is 0 Å². The predicted molar refractivity (Wildman–Crippen MR) is 132 cm³/mol. The summed E-state index contributed by atoms with van der Waals surface area (Å²) in [6, 6.07) is 10.7. The lowest BCUT2D eigenvalue weighted by Crippen LogP contribution is -2.33. The third kappa shape index (κ3) is 5.96. The van der Waals surface area contributed by atoms with Crippen LogP contribution >= 0.6 is 39.9 Å². The quantitative estimate of drug-likeness (QED) is 0.402. The second kappa shape index (κ2) is 10.3. The number of anilines is 1. The number of hydrogen-bond acceptors (Lipinski definition) is 6. The summed E-state index contributed by atoms with van der Waals surface area (Å²) in [7, 11) is 0. The van der Waals surface area contributed by atoms with Gasteiger partial charge in [0.05, 0.1) is 10.6 Å². The lowest BCUT2D eigenvalue weighted by Gasteiger charge is -2.11. The molecule has 1 aliphatic heterocycles. The summed E-state index contributed by atoms with van der Waals surface area (Å²) in [5, 5.41) is 11.7. The van der Waals surface area contributed by atoms with Gasteiger partial charge in [-0.2, -0.15) is 0 Å². The molecular formula is C22H19BrN2O5S2. The minimum Gasteiger partial charge on any atom is -0.484 e. The highest BCUT2D eigenvalue weighted by Crippen LogP contribution is 2.32. The van der Waals surface area contributed by atoms with Crippen molar-refractivity contribution in [1.82, 2.24) is 4.90 Å². The number of rotatable bonds is 7. The maximum atomic E-state index is 12.3. The van der Waals surface area contributed by atoms with E-state index in [0.29, 0.717) is 16.3 Å². The molecule has 1 fully saturated rings. The number of benzene rings is 2. The fraction of sp³-hybridized carbons (Fsp3) is 0.182. The van der Waals surface area contributed by atoms with Crippen LogP contribution in [0.5, 0.6) is 5.75 Å². The van der Waals surface area contributed by atoms with E-state index in [0.717, 1.165) is 37.8 Å². The Bertz CT molecular complexity index is 1130. The van der Waals surface area contributed by atoms with Gasteiger partial charge in [0.1, 0.15) is 16.6 Å². The maximum absolute atomic E-state index is 12.3. The van der Waals surface area contributed by atoms with Crippen molar-refractivity contribution in [3.63, 3.8) is 0 Å². The van der Waals surface area contributed by atoms with E-state index in [1.165, 1.54) is 0 Å². The Morgan fingerprint density at radius 3 is 2.53 bits per heavy atom. The molecule has 1 heterocycles. The van der Waals surface area contributed by atoms with Gasteiger partial charge in [-0.05, 0) is 76.8 Å². The Morgan fingerprint density at radius 1 is 1.22 bits per heavy atom. The number of carbonyl (C=O) groups excluding carboxylic acids is 2. The Kier molecular flexibility index (Phi) is 7.70. The zero-order valence-corrected chi connectivity index (χ0v) is 20.4. The maximum Gasteiger partial charge on any atom is 0.323 e. The van der Waals surface area contributed by atoms with E-state index in [4.69, 9.17) is 22.1 Å². The normalized spacial score (nSPS) is 14.7. The molecule has 0 saturated carbocycles. The molecule has 0 aromatic heterocycles. The SMILES string of the molecule is Cc1cc(Br)c(NC(=O)COc2ccc(C=C3SC(=S)N(CC(=O)O)C3=O)cc2)cc1C. The van der Waals surface area contributed by atoms with E-state index in [2.05, 4.69) is 21.2 Å². The first-order chi connectivity index (χ1) is 15.1. The van der Waals surface area contributed by atoms with Gasteiger partial charge in [0.15, 0.2) is 6.61 Å². The first-order valence-electron chi connectivity index (χ1n) is 9.40. The van der Waals surface area contributed by atoms with Crippen LogP contribution in [0, 0.1) is 13.8 Å². The van der Waals surface area contributed by atoms with Gasteiger partial charge in [0.2, 0.25) is 0 Å². The number of nitrogens with zero attached hydrogens (tertiary/aromatic N) is 1. The Morgan fingerprint density at radius 2 is 1.88 bits per heavy atom. The minimum atomic E-state index is -1.13. The van der Waals surface area contributed by atoms with E-state index in [-0.39, 0.29) is 16.8 Å². The molecule has 2 N–H and O–H groups in total. The van der Waals surface area contributed by atoms with E-state index in [1.54, 1.807) is 30.3 Å². The van der Waals surface area contributed by atoms with Crippen molar-refractivity contribution in [2.24, 2.45) is 0 Å². The Hall–Kier alpha value is -2.69. The zero-order valence-electron chi connectivity index (χ0n) is 17.2. The van der Waals surface area contributed by atoms with Crippen LogP contribution in [0.15, 0.2) is 45.8 Å².